The molecular formula is C57H78. The zero-order chi connectivity index (χ0) is 41.1. The van der Waals surface area contributed by atoms with Gasteiger partial charge in [0.15, 0.2) is 0 Å². The number of hydrogen-bond acceptors (Lipinski definition) is 0. The average Bonchev–Trinajstić information content (AvgIpc) is 3.14. The normalized spacial score (nSPS) is 97.2. The topological polar surface area (TPSA) is 0 Å². The van der Waals surface area contributed by atoms with Crippen LogP contribution in [-0.2, 0) is 0 Å². The Morgan fingerprint density at radius 1 is 0.333 bits per heavy atom. The molecular weight excluding hydrogens is 685 g/mol. The minimum absolute atomic E-state index is 0.336. The molecule has 306 valence electrons. The van der Waals surface area contributed by atoms with Gasteiger partial charge in [-0.25, -0.2) is 0 Å². The predicted octanol–water partition coefficient (Wildman–Crippen LogP) is 13.3. The lowest BCUT2D eigenvalue weighted by molar-refractivity contribution is -1.11. The van der Waals surface area contributed by atoms with E-state index in [4.69, 9.17) is 0 Å². The van der Waals surface area contributed by atoms with Crippen LogP contribution in [0.4, 0.5) is 0 Å². The molecule has 0 heteroatoms. The largest absolute Gasteiger partial charge is 0.0651 e. The quantitative estimate of drug-likeness (QED) is 0.269. The Balaban J connectivity index is 1.08. The van der Waals surface area contributed by atoms with Crippen molar-refractivity contribution in [3.05, 3.63) is 0 Å². The predicted molar refractivity (Wildman–Crippen MR) is 223 cm³/mol. The van der Waals surface area contributed by atoms with Crippen molar-refractivity contribution >= 4 is 0 Å². The van der Waals surface area contributed by atoms with Gasteiger partial charge in [-0.3, -0.25) is 0 Å². The summed E-state index contributed by atoms with van der Waals surface area (Å²) in [6, 6.07) is 0. The summed E-state index contributed by atoms with van der Waals surface area (Å²) in [5.74, 6) is 1.73. The van der Waals surface area contributed by atoms with Gasteiger partial charge in [0, 0.05) is 0 Å². The van der Waals surface area contributed by atoms with E-state index in [0.29, 0.717) is 157 Å². The summed E-state index contributed by atoms with van der Waals surface area (Å²) in [7, 11) is 0. The van der Waals surface area contributed by atoms with Gasteiger partial charge < -0.3 is 0 Å². The van der Waals surface area contributed by atoms with Crippen LogP contribution in [0.15, 0.2) is 0 Å². The second-order valence-corrected chi connectivity index (χ2v) is 32.5. The van der Waals surface area contributed by atoms with Crippen molar-refractivity contribution in [1.82, 2.24) is 0 Å². The van der Waals surface area contributed by atoms with E-state index in [1.54, 1.807) is 0 Å². The minimum atomic E-state index is 0.336. The molecule has 0 saturated heterocycles. The first-order valence-electron chi connectivity index (χ1n) is 25.7. The molecule has 19 aliphatic rings. The number of hydrogen-bond donors (Lipinski definition) is 0. The lowest BCUT2D eigenvalue weighted by Gasteiger charge is -3.56. The Labute approximate surface area is 346 Å². The molecule has 0 aromatic heterocycles. The fraction of sp³-hybridized carbons (Fsp3) is 1.00. The highest BCUT2D eigenvalue weighted by Crippen LogP contribution is 3.59. The third-order valence-corrected chi connectivity index (χ3v) is 41.3. The van der Waals surface area contributed by atoms with Gasteiger partial charge in [0.1, 0.15) is 0 Å². The highest BCUT2D eigenvalue weighted by Gasteiger charge is 3.57. The smallest absolute Gasteiger partial charge is 0.00101 e. The molecule has 0 amide bonds. The second kappa shape index (κ2) is 5.11. The van der Waals surface area contributed by atoms with E-state index in [1.165, 1.54) is 12.8 Å². The second-order valence-electron chi connectivity index (χ2n) is 32.5. The molecule has 19 rings (SSSR count). The summed E-state index contributed by atoms with van der Waals surface area (Å²) in [5, 5.41) is 0. The molecule has 0 N–H and O–H groups in total. The minimum Gasteiger partial charge on any atom is -0.0651 e. The Morgan fingerprint density at radius 2 is 0.719 bits per heavy atom. The zero-order valence-electron chi connectivity index (χ0n) is 41.1. The van der Waals surface area contributed by atoms with Crippen molar-refractivity contribution in [1.29, 1.82) is 0 Å². The van der Waals surface area contributed by atoms with Gasteiger partial charge in [0.2, 0.25) is 0 Å². The maximum Gasteiger partial charge on any atom is -0.00101 e. The molecule has 10 spiro atoms. The van der Waals surface area contributed by atoms with E-state index in [9.17, 15) is 0 Å². The fourth-order valence-corrected chi connectivity index (χ4v) is 44.7. The molecule has 0 aromatic carbocycles. The van der Waals surface area contributed by atoms with Crippen molar-refractivity contribution in [3.8, 4) is 0 Å². The van der Waals surface area contributed by atoms with Gasteiger partial charge >= 0.3 is 0 Å². The first kappa shape index (κ1) is 31.8. The summed E-state index contributed by atoms with van der Waals surface area (Å²) in [5.41, 5.74) is 13.4. The molecule has 0 heterocycles. The van der Waals surface area contributed by atoms with Crippen LogP contribution in [0.2, 0.25) is 0 Å². The van der Waals surface area contributed by atoms with E-state index in [0.717, 1.165) is 11.8 Å². The van der Waals surface area contributed by atoms with Crippen LogP contribution in [-0.4, -0.2) is 0 Å². The molecule has 28 unspecified atom stereocenters. The Kier molecular flexibility index (Phi) is 2.85. The van der Waals surface area contributed by atoms with Crippen molar-refractivity contribution in [2.45, 2.75) is 179 Å². The van der Waals surface area contributed by atoms with E-state index in [-0.39, 0.29) is 0 Å². The van der Waals surface area contributed by atoms with Gasteiger partial charge in [-0.05, 0) is 175 Å². The van der Waals surface area contributed by atoms with Crippen molar-refractivity contribution in [2.75, 3.05) is 0 Å². The van der Waals surface area contributed by atoms with Gasteiger partial charge in [0.05, 0.1) is 0 Å². The van der Waals surface area contributed by atoms with Crippen LogP contribution in [0.1, 0.15) is 179 Å². The summed E-state index contributed by atoms with van der Waals surface area (Å²) in [4.78, 5) is 0. The average molecular weight is 763 g/mol. The summed E-state index contributed by atoms with van der Waals surface area (Å²) < 4.78 is 0. The van der Waals surface area contributed by atoms with Gasteiger partial charge in [-0.1, -0.05) is 173 Å². The summed E-state index contributed by atoms with van der Waals surface area (Å²) in [6.45, 7) is 72.0. The fourth-order valence-electron chi connectivity index (χ4n) is 44.7. The zero-order valence-corrected chi connectivity index (χ0v) is 41.1. The van der Waals surface area contributed by atoms with Crippen LogP contribution in [0.3, 0.4) is 0 Å². The Bertz CT molecular complexity index is 2720. The summed E-state index contributed by atoms with van der Waals surface area (Å²) >= 11 is 0. The maximum absolute atomic E-state index is 3.15. The molecule has 0 aliphatic heterocycles. The standard InChI is InChI=1S/C57H78/c1-25-27(3)32(10)41(19)43(21)35(13)29(4,5)34(12)33(11)28-48(34,35)53(43)49(28)54-46(24,42(32,20)52(41,53)54)45(23)39(17)31(8,9)38(16)44(22)37(15)30(6,7)36(14)40(33,18)47(26-2)50(36,37)55(44)51(38,39)56(45,54)57(47,49)55/h27-28H,25-26H2,1-24H3. The number of rotatable bonds is 3. The highest BCUT2D eigenvalue weighted by molar-refractivity contribution is 6.02. The van der Waals surface area contributed by atoms with E-state index >= 15 is 0 Å². The molecule has 57 heavy (non-hydrogen) atoms. The first-order chi connectivity index (χ1) is 25.7. The van der Waals surface area contributed by atoms with Crippen molar-refractivity contribution in [3.63, 3.8) is 0 Å². The maximum atomic E-state index is 3.15. The molecule has 0 radical (unpaired) electrons. The van der Waals surface area contributed by atoms with E-state index in [2.05, 4.69) is 166 Å². The van der Waals surface area contributed by atoms with Gasteiger partial charge in [0.25, 0.3) is 0 Å². The lowest BCUT2D eigenvalue weighted by atomic mass is 8.46. The molecule has 19 aliphatic carbocycles. The van der Waals surface area contributed by atoms with Crippen molar-refractivity contribution in [2.24, 2.45) is 169 Å². The molecule has 0 bridgehead atoms. The van der Waals surface area contributed by atoms with Crippen LogP contribution in [0.25, 0.3) is 0 Å². The third kappa shape index (κ3) is 0.867. The van der Waals surface area contributed by atoms with Crippen LogP contribution in [0, 0.1) is 169 Å². The molecule has 0 aromatic rings. The number of fused-ring (bicyclic) bond motifs is 10. The molecule has 19 saturated carbocycles. The SMILES string of the molecule is CCC(C)C1(C)C2(C)C3(C)C4(C)C(C)(C)C5(C)C6(C)C7C54C34C73C57C(C)(C1(C)C245)C1(C)C2(C)C(C)(C)C4(C)C5(C)C8(C)C(C)(C)C9(C)C6(C)C6(CC)C98C58C42C17C638. The van der Waals surface area contributed by atoms with E-state index < -0.39 is 0 Å². The molecule has 0 nitrogen and oxygen atoms in total. The van der Waals surface area contributed by atoms with Gasteiger partial charge in [-0.15, -0.1) is 0 Å². The molecule has 19 fully saturated rings. The van der Waals surface area contributed by atoms with Crippen LogP contribution < -0.4 is 0 Å². The highest BCUT2D eigenvalue weighted by atomic mass is 15.6. The third-order valence-electron chi connectivity index (χ3n) is 41.3. The summed E-state index contributed by atoms with van der Waals surface area (Å²) in [6.07, 6.45) is 2.84. The Hall–Kier alpha value is 0. The molecule has 28 atom stereocenters. The Morgan fingerprint density at radius 3 is 1.21 bits per heavy atom. The van der Waals surface area contributed by atoms with Crippen LogP contribution in [0.5, 0.6) is 0 Å². The van der Waals surface area contributed by atoms with Gasteiger partial charge in [-0.2, -0.15) is 0 Å². The first-order valence-corrected chi connectivity index (χ1v) is 25.7. The van der Waals surface area contributed by atoms with E-state index in [1.807, 2.05) is 0 Å². The monoisotopic (exact) mass is 763 g/mol. The van der Waals surface area contributed by atoms with Crippen molar-refractivity contribution < 1.29 is 0 Å². The lowest BCUT2D eigenvalue weighted by Crippen LogP contribution is -3.54. The van der Waals surface area contributed by atoms with Crippen LogP contribution >= 0.6 is 0 Å².